The summed E-state index contributed by atoms with van der Waals surface area (Å²) < 4.78 is 25.8. The van der Waals surface area contributed by atoms with Crippen LogP contribution in [0.5, 0.6) is 0 Å². The first kappa shape index (κ1) is 16.1. The molecule has 4 saturated carbocycles. The molecule has 5 rings (SSSR count). The summed E-state index contributed by atoms with van der Waals surface area (Å²) >= 11 is 0. The van der Waals surface area contributed by atoms with Crippen LogP contribution in [0.25, 0.3) is 0 Å². The predicted octanol–water partition coefficient (Wildman–Crippen LogP) is 2.29. The van der Waals surface area contributed by atoms with Crippen LogP contribution in [0.2, 0.25) is 0 Å². The molecule has 0 aromatic heterocycles. The third-order valence-electron chi connectivity index (χ3n) is 6.11. The van der Waals surface area contributed by atoms with Crippen LogP contribution in [0.4, 0.5) is 0 Å². The fourth-order valence-electron chi connectivity index (χ4n) is 5.48. The quantitative estimate of drug-likeness (QED) is 0.877. The summed E-state index contributed by atoms with van der Waals surface area (Å²) in [7, 11) is -2.09. The first-order valence-electron chi connectivity index (χ1n) is 8.75. The van der Waals surface area contributed by atoms with E-state index in [0.29, 0.717) is 5.56 Å². The van der Waals surface area contributed by atoms with E-state index in [0.717, 1.165) is 37.0 Å². The Kier molecular flexibility index (Phi) is 3.73. The van der Waals surface area contributed by atoms with Crippen LogP contribution in [-0.4, -0.2) is 26.9 Å². The molecule has 1 amide bonds. The van der Waals surface area contributed by atoms with Gasteiger partial charge in [-0.1, -0.05) is 0 Å². The van der Waals surface area contributed by atoms with E-state index in [-0.39, 0.29) is 16.3 Å². The maximum Gasteiger partial charge on any atom is 0.251 e. The Morgan fingerprint density at radius 1 is 1.00 bits per heavy atom. The monoisotopic (exact) mass is 348 g/mol. The molecular formula is C18H24N2O3S. The lowest BCUT2D eigenvalue weighted by Gasteiger charge is -2.56. The zero-order valence-electron chi connectivity index (χ0n) is 13.9. The lowest BCUT2D eigenvalue weighted by molar-refractivity contribution is -0.0167. The molecular weight excluding hydrogens is 324 g/mol. The molecule has 6 heteroatoms. The van der Waals surface area contributed by atoms with Gasteiger partial charge in [-0.25, -0.2) is 13.1 Å². The Hall–Kier alpha value is -1.40. The van der Waals surface area contributed by atoms with Crippen molar-refractivity contribution >= 4 is 15.9 Å². The number of nitrogens with one attached hydrogen (secondary N) is 2. The van der Waals surface area contributed by atoms with E-state index in [4.69, 9.17) is 0 Å². The van der Waals surface area contributed by atoms with Crippen LogP contribution < -0.4 is 10.0 Å². The van der Waals surface area contributed by atoms with E-state index in [9.17, 15) is 13.2 Å². The molecule has 0 aliphatic heterocycles. The van der Waals surface area contributed by atoms with Gasteiger partial charge in [-0.2, -0.15) is 0 Å². The molecule has 1 aromatic carbocycles. The maximum atomic E-state index is 12.7. The van der Waals surface area contributed by atoms with Gasteiger partial charge in [0.05, 0.1) is 4.90 Å². The zero-order chi connectivity index (χ0) is 16.9. The molecule has 5 nitrogen and oxygen atoms in total. The van der Waals surface area contributed by atoms with E-state index in [1.807, 2.05) is 0 Å². The van der Waals surface area contributed by atoms with Crippen LogP contribution in [0.15, 0.2) is 29.2 Å². The van der Waals surface area contributed by atoms with E-state index in [1.165, 1.54) is 38.4 Å². The average molecular weight is 348 g/mol. The van der Waals surface area contributed by atoms with Gasteiger partial charge in [-0.3, -0.25) is 4.79 Å². The molecule has 130 valence electrons. The molecule has 4 aliphatic carbocycles. The lowest BCUT2D eigenvalue weighted by atomic mass is 9.53. The summed E-state index contributed by atoms with van der Waals surface area (Å²) in [5.41, 5.74) is 0.502. The second kappa shape index (κ2) is 5.56. The number of benzene rings is 1. The minimum Gasteiger partial charge on any atom is -0.347 e. The Bertz CT molecular complexity index is 720. The summed E-state index contributed by atoms with van der Waals surface area (Å²) in [6, 6.07) is 6.17. The molecule has 1 aromatic rings. The summed E-state index contributed by atoms with van der Waals surface area (Å²) in [6.07, 6.45) is 7.34. The van der Waals surface area contributed by atoms with Crippen molar-refractivity contribution in [3.05, 3.63) is 29.8 Å². The van der Waals surface area contributed by atoms with Gasteiger partial charge in [-0.05, 0) is 87.6 Å². The van der Waals surface area contributed by atoms with Crippen molar-refractivity contribution in [3.63, 3.8) is 0 Å². The van der Waals surface area contributed by atoms with Gasteiger partial charge in [0.15, 0.2) is 0 Å². The van der Waals surface area contributed by atoms with E-state index in [2.05, 4.69) is 10.0 Å². The molecule has 0 radical (unpaired) electrons. The van der Waals surface area contributed by atoms with Crippen molar-refractivity contribution in [3.8, 4) is 0 Å². The third kappa shape index (κ3) is 2.75. The van der Waals surface area contributed by atoms with Gasteiger partial charge in [0.25, 0.3) is 5.91 Å². The standard InChI is InChI=1S/C18H24N2O3S/c1-19-24(22,23)16-4-2-15(3-5-16)17(21)20-18-9-12-6-13(10-18)8-14(7-12)11-18/h2-5,12-14,19H,6-11H2,1H3,(H,20,21). The normalized spacial score (nSPS) is 34.3. The predicted molar refractivity (Wildman–Crippen MR) is 91.1 cm³/mol. The summed E-state index contributed by atoms with van der Waals surface area (Å²) in [5.74, 6) is 2.25. The van der Waals surface area contributed by atoms with Crippen molar-refractivity contribution in [2.75, 3.05) is 7.05 Å². The van der Waals surface area contributed by atoms with Gasteiger partial charge >= 0.3 is 0 Å². The zero-order valence-corrected chi connectivity index (χ0v) is 14.7. The Morgan fingerprint density at radius 2 is 1.50 bits per heavy atom. The highest BCUT2D eigenvalue weighted by molar-refractivity contribution is 7.89. The minimum atomic E-state index is -3.47. The van der Waals surface area contributed by atoms with Crippen molar-refractivity contribution in [1.29, 1.82) is 0 Å². The highest BCUT2D eigenvalue weighted by atomic mass is 32.2. The first-order valence-corrected chi connectivity index (χ1v) is 10.2. The smallest absolute Gasteiger partial charge is 0.251 e. The lowest BCUT2D eigenvalue weighted by Crippen LogP contribution is -2.59. The minimum absolute atomic E-state index is 0.0262. The van der Waals surface area contributed by atoms with Gasteiger partial charge < -0.3 is 5.32 Å². The second-order valence-corrected chi connectivity index (χ2v) is 9.77. The molecule has 0 spiro atoms. The Labute approximate surface area is 143 Å². The van der Waals surface area contributed by atoms with E-state index in [1.54, 1.807) is 12.1 Å². The van der Waals surface area contributed by atoms with Crippen molar-refractivity contribution in [2.24, 2.45) is 17.8 Å². The molecule has 4 fully saturated rings. The average Bonchev–Trinajstić information content (AvgIpc) is 2.53. The number of amides is 1. The Balaban J connectivity index is 1.51. The van der Waals surface area contributed by atoms with Crippen LogP contribution in [0, 0.1) is 17.8 Å². The Morgan fingerprint density at radius 3 is 1.96 bits per heavy atom. The summed E-state index contributed by atoms with van der Waals surface area (Å²) in [6.45, 7) is 0. The van der Waals surface area contributed by atoms with Crippen LogP contribution >= 0.6 is 0 Å². The number of rotatable bonds is 4. The number of sulfonamides is 1. The van der Waals surface area contributed by atoms with Crippen LogP contribution in [0.1, 0.15) is 48.9 Å². The molecule has 0 heterocycles. The molecule has 2 N–H and O–H groups in total. The van der Waals surface area contributed by atoms with Gasteiger partial charge in [0.1, 0.15) is 0 Å². The highest BCUT2D eigenvalue weighted by Gasteiger charge is 2.51. The van der Waals surface area contributed by atoms with Gasteiger partial charge in [0.2, 0.25) is 10.0 Å². The topological polar surface area (TPSA) is 75.3 Å². The number of carbonyl (C=O) groups excluding carboxylic acids is 1. The van der Waals surface area contributed by atoms with Crippen molar-refractivity contribution < 1.29 is 13.2 Å². The van der Waals surface area contributed by atoms with E-state index < -0.39 is 10.0 Å². The first-order chi connectivity index (χ1) is 11.4. The van der Waals surface area contributed by atoms with Gasteiger partial charge in [0, 0.05) is 11.1 Å². The van der Waals surface area contributed by atoms with Crippen LogP contribution in [-0.2, 0) is 10.0 Å². The molecule has 4 aliphatic rings. The maximum absolute atomic E-state index is 12.7. The second-order valence-electron chi connectivity index (χ2n) is 7.88. The third-order valence-corrected chi connectivity index (χ3v) is 7.54. The number of hydrogen-bond acceptors (Lipinski definition) is 3. The molecule has 0 saturated heterocycles. The fourth-order valence-corrected chi connectivity index (χ4v) is 6.21. The largest absolute Gasteiger partial charge is 0.347 e. The fraction of sp³-hybridized carbons (Fsp3) is 0.611. The number of carbonyl (C=O) groups is 1. The van der Waals surface area contributed by atoms with E-state index >= 15 is 0 Å². The SMILES string of the molecule is CNS(=O)(=O)c1ccc(C(=O)NC23CC4CC(CC(C4)C2)C3)cc1. The molecule has 0 atom stereocenters. The van der Waals surface area contributed by atoms with Crippen molar-refractivity contribution in [1.82, 2.24) is 10.0 Å². The number of hydrogen-bond donors (Lipinski definition) is 2. The molecule has 4 bridgehead atoms. The molecule has 24 heavy (non-hydrogen) atoms. The summed E-state index contributed by atoms with van der Waals surface area (Å²) in [5, 5.41) is 3.31. The van der Waals surface area contributed by atoms with Gasteiger partial charge in [-0.15, -0.1) is 0 Å². The summed E-state index contributed by atoms with van der Waals surface area (Å²) in [4.78, 5) is 12.9. The highest BCUT2D eigenvalue weighted by Crippen LogP contribution is 2.55. The molecule has 0 unspecified atom stereocenters. The van der Waals surface area contributed by atoms with Crippen LogP contribution in [0.3, 0.4) is 0 Å². The van der Waals surface area contributed by atoms with Crippen molar-refractivity contribution in [2.45, 2.75) is 49.0 Å².